The standard InChI is InChI=1S/C12H12N4O4/c1-2-4-9-13-10(20-15-9)7-16-12(17)19-11(14-16)8-5-3-6-18-8/h3,5-6H,2,4,7H2,1H3. The van der Waals surface area contributed by atoms with Gasteiger partial charge < -0.3 is 13.4 Å². The van der Waals surface area contributed by atoms with Gasteiger partial charge in [-0.15, -0.1) is 5.10 Å². The Morgan fingerprint density at radius 1 is 1.40 bits per heavy atom. The second-order valence-corrected chi connectivity index (χ2v) is 4.16. The van der Waals surface area contributed by atoms with Crippen molar-refractivity contribution in [3.63, 3.8) is 0 Å². The highest BCUT2D eigenvalue weighted by atomic mass is 16.5. The molecule has 8 heteroatoms. The fourth-order valence-corrected chi connectivity index (χ4v) is 1.71. The number of aryl methyl sites for hydroxylation is 1. The second-order valence-electron chi connectivity index (χ2n) is 4.16. The van der Waals surface area contributed by atoms with Gasteiger partial charge in [-0.25, -0.2) is 4.79 Å². The summed E-state index contributed by atoms with van der Waals surface area (Å²) in [5.74, 6) is 0.832. The minimum atomic E-state index is -0.605. The van der Waals surface area contributed by atoms with E-state index in [4.69, 9.17) is 13.4 Å². The van der Waals surface area contributed by atoms with Crippen LogP contribution >= 0.6 is 0 Å². The molecule has 0 spiro atoms. The highest BCUT2D eigenvalue weighted by molar-refractivity contribution is 5.42. The first-order chi connectivity index (χ1) is 9.76. The molecular weight excluding hydrogens is 264 g/mol. The highest BCUT2D eigenvalue weighted by Crippen LogP contribution is 2.15. The molecule has 0 amide bonds. The van der Waals surface area contributed by atoms with Crippen LogP contribution in [0.3, 0.4) is 0 Å². The van der Waals surface area contributed by atoms with Gasteiger partial charge in [-0.3, -0.25) is 0 Å². The Bertz CT molecular complexity index is 738. The van der Waals surface area contributed by atoms with Gasteiger partial charge in [0.05, 0.1) is 6.26 Å². The lowest BCUT2D eigenvalue weighted by Gasteiger charge is -1.90. The zero-order valence-corrected chi connectivity index (χ0v) is 10.8. The van der Waals surface area contributed by atoms with Gasteiger partial charge in [0.25, 0.3) is 5.89 Å². The van der Waals surface area contributed by atoms with Crippen LogP contribution in [0.1, 0.15) is 25.1 Å². The molecule has 20 heavy (non-hydrogen) atoms. The third kappa shape index (κ3) is 2.40. The normalized spacial score (nSPS) is 11.1. The minimum Gasteiger partial charge on any atom is -0.459 e. The van der Waals surface area contributed by atoms with Gasteiger partial charge in [0.1, 0.15) is 6.54 Å². The maximum atomic E-state index is 11.7. The molecular formula is C12H12N4O4. The molecule has 0 aliphatic heterocycles. The van der Waals surface area contributed by atoms with E-state index in [0.717, 1.165) is 17.5 Å². The van der Waals surface area contributed by atoms with Crippen molar-refractivity contribution >= 4 is 0 Å². The average molecular weight is 276 g/mol. The molecule has 3 heterocycles. The molecule has 0 aliphatic rings. The van der Waals surface area contributed by atoms with Crippen LogP contribution in [-0.2, 0) is 13.0 Å². The van der Waals surface area contributed by atoms with Crippen molar-refractivity contribution in [1.82, 2.24) is 19.9 Å². The molecule has 0 N–H and O–H groups in total. The van der Waals surface area contributed by atoms with E-state index in [1.807, 2.05) is 6.92 Å². The minimum absolute atomic E-state index is 0.0692. The zero-order valence-electron chi connectivity index (χ0n) is 10.8. The van der Waals surface area contributed by atoms with E-state index in [1.54, 1.807) is 12.1 Å². The summed E-state index contributed by atoms with van der Waals surface area (Å²) in [5, 5.41) is 7.83. The van der Waals surface area contributed by atoms with Gasteiger partial charge in [-0.05, 0) is 18.6 Å². The van der Waals surface area contributed by atoms with Crippen molar-refractivity contribution in [2.45, 2.75) is 26.3 Å². The Morgan fingerprint density at radius 2 is 2.30 bits per heavy atom. The van der Waals surface area contributed by atoms with E-state index >= 15 is 0 Å². The van der Waals surface area contributed by atoms with Crippen molar-refractivity contribution < 1.29 is 13.4 Å². The molecule has 104 valence electrons. The van der Waals surface area contributed by atoms with E-state index in [1.165, 1.54) is 6.26 Å². The fourth-order valence-electron chi connectivity index (χ4n) is 1.71. The molecule has 0 fully saturated rings. The predicted molar refractivity (Wildman–Crippen MR) is 65.9 cm³/mol. The number of hydrogen-bond acceptors (Lipinski definition) is 7. The maximum Gasteiger partial charge on any atom is 0.437 e. The first-order valence-electron chi connectivity index (χ1n) is 6.19. The molecule has 8 nitrogen and oxygen atoms in total. The van der Waals surface area contributed by atoms with Crippen molar-refractivity contribution in [1.29, 1.82) is 0 Å². The van der Waals surface area contributed by atoms with Gasteiger partial charge in [-0.2, -0.15) is 9.67 Å². The van der Waals surface area contributed by atoms with Crippen molar-refractivity contribution in [3.8, 4) is 11.7 Å². The Balaban J connectivity index is 1.82. The summed E-state index contributed by atoms with van der Waals surface area (Å²) in [6.45, 7) is 2.09. The van der Waals surface area contributed by atoms with E-state index in [9.17, 15) is 4.79 Å². The lowest BCUT2D eigenvalue weighted by Crippen LogP contribution is -2.16. The van der Waals surface area contributed by atoms with Crippen LogP contribution in [0.5, 0.6) is 0 Å². The lowest BCUT2D eigenvalue weighted by atomic mass is 10.3. The SMILES string of the molecule is CCCc1noc(Cn2nc(-c3ccco3)oc2=O)n1. The zero-order chi connectivity index (χ0) is 13.9. The van der Waals surface area contributed by atoms with Crippen molar-refractivity contribution in [3.05, 3.63) is 40.7 Å². The summed E-state index contributed by atoms with van der Waals surface area (Å²) in [6.07, 6.45) is 3.13. The molecule has 0 radical (unpaired) electrons. The first kappa shape index (κ1) is 12.4. The van der Waals surface area contributed by atoms with Crippen LogP contribution < -0.4 is 5.76 Å². The van der Waals surface area contributed by atoms with Gasteiger partial charge in [0.2, 0.25) is 5.89 Å². The first-order valence-corrected chi connectivity index (χ1v) is 6.19. The molecule has 3 aromatic rings. The molecule has 0 aromatic carbocycles. The third-order valence-corrected chi connectivity index (χ3v) is 2.61. The summed E-state index contributed by atoms with van der Waals surface area (Å²) in [6, 6.07) is 3.34. The second kappa shape index (κ2) is 5.16. The van der Waals surface area contributed by atoms with Gasteiger partial charge in [-0.1, -0.05) is 12.1 Å². The summed E-state index contributed by atoms with van der Waals surface area (Å²) < 4.78 is 16.3. The van der Waals surface area contributed by atoms with Crippen molar-refractivity contribution in [2.24, 2.45) is 0 Å². The van der Waals surface area contributed by atoms with Crippen LogP contribution in [0.15, 0.2) is 36.5 Å². The molecule has 0 saturated heterocycles. The van der Waals surface area contributed by atoms with E-state index in [-0.39, 0.29) is 12.4 Å². The van der Waals surface area contributed by atoms with E-state index < -0.39 is 5.76 Å². The van der Waals surface area contributed by atoms with Gasteiger partial charge >= 0.3 is 5.76 Å². The number of aromatic nitrogens is 4. The largest absolute Gasteiger partial charge is 0.459 e. The summed E-state index contributed by atoms with van der Waals surface area (Å²) in [4.78, 5) is 15.8. The Kier molecular flexibility index (Phi) is 3.20. The lowest BCUT2D eigenvalue weighted by molar-refractivity contribution is 0.355. The monoisotopic (exact) mass is 276 g/mol. The highest BCUT2D eigenvalue weighted by Gasteiger charge is 2.15. The number of nitrogens with zero attached hydrogens (tertiary/aromatic N) is 4. The fraction of sp³-hybridized carbons (Fsp3) is 0.333. The summed E-state index contributed by atoms with van der Waals surface area (Å²) >= 11 is 0. The Morgan fingerprint density at radius 3 is 3.05 bits per heavy atom. The Hall–Kier alpha value is -2.64. The number of furan rings is 1. The molecule has 3 rings (SSSR count). The topological polar surface area (TPSA) is 100 Å². The van der Waals surface area contributed by atoms with Crippen LogP contribution in [0.25, 0.3) is 11.7 Å². The molecule has 0 atom stereocenters. The van der Waals surface area contributed by atoms with Crippen LogP contribution in [0.2, 0.25) is 0 Å². The van der Waals surface area contributed by atoms with Crippen LogP contribution in [0, 0.1) is 0 Å². The van der Waals surface area contributed by atoms with Gasteiger partial charge in [0, 0.05) is 6.42 Å². The summed E-state index contributed by atoms with van der Waals surface area (Å²) in [7, 11) is 0. The quantitative estimate of drug-likeness (QED) is 0.695. The Labute approximate surface area is 113 Å². The smallest absolute Gasteiger partial charge is 0.437 e. The van der Waals surface area contributed by atoms with Crippen molar-refractivity contribution in [2.75, 3.05) is 0 Å². The number of hydrogen-bond donors (Lipinski definition) is 0. The predicted octanol–water partition coefficient (Wildman–Crippen LogP) is 1.48. The van der Waals surface area contributed by atoms with Crippen LogP contribution in [0.4, 0.5) is 0 Å². The molecule has 0 aliphatic carbocycles. The molecule has 0 bridgehead atoms. The number of rotatable bonds is 5. The van der Waals surface area contributed by atoms with E-state index in [0.29, 0.717) is 17.5 Å². The van der Waals surface area contributed by atoms with Gasteiger partial charge in [0.15, 0.2) is 11.6 Å². The molecule has 0 unspecified atom stereocenters. The third-order valence-electron chi connectivity index (χ3n) is 2.61. The summed E-state index contributed by atoms with van der Waals surface area (Å²) in [5.41, 5.74) is 0. The molecule has 3 aromatic heterocycles. The van der Waals surface area contributed by atoms with Crippen LogP contribution in [-0.4, -0.2) is 19.9 Å². The molecule has 0 saturated carbocycles. The van der Waals surface area contributed by atoms with E-state index in [2.05, 4.69) is 15.2 Å². The average Bonchev–Trinajstić information content (AvgIpc) is 3.13. The maximum absolute atomic E-state index is 11.7.